The molecule has 0 fully saturated rings. The van der Waals surface area contributed by atoms with E-state index in [1.165, 1.54) is 26.4 Å². The third-order valence-corrected chi connectivity index (χ3v) is 3.84. The quantitative estimate of drug-likeness (QED) is 0.425. The summed E-state index contributed by atoms with van der Waals surface area (Å²) >= 11 is 0. The predicted molar refractivity (Wildman–Crippen MR) is 110 cm³/mol. The molecule has 2 aromatic carbocycles. The molecule has 0 aliphatic heterocycles. The van der Waals surface area contributed by atoms with E-state index in [9.17, 15) is 9.59 Å². The summed E-state index contributed by atoms with van der Waals surface area (Å²) in [6.45, 7) is 0.521. The van der Waals surface area contributed by atoms with Crippen LogP contribution in [-0.4, -0.2) is 49.6 Å². The zero-order valence-corrected chi connectivity index (χ0v) is 16.5. The highest BCUT2D eigenvalue weighted by molar-refractivity contribution is 5.86. The van der Waals surface area contributed by atoms with Crippen LogP contribution in [0, 0.1) is 0 Å². The molecule has 0 saturated heterocycles. The van der Waals surface area contributed by atoms with Crippen molar-refractivity contribution in [2.75, 3.05) is 27.4 Å². The summed E-state index contributed by atoms with van der Waals surface area (Å²) in [6, 6.07) is 10.1. The number of carbonyl (C=O) groups is 2. The zero-order chi connectivity index (χ0) is 21.9. The number of methoxy groups -OCH3 is 2. The maximum Gasteiger partial charge on any atom is 0.328 e. The van der Waals surface area contributed by atoms with Gasteiger partial charge in [-0.2, -0.15) is 0 Å². The van der Waals surface area contributed by atoms with E-state index in [2.05, 4.69) is 0 Å². The Morgan fingerprint density at radius 1 is 0.767 bits per heavy atom. The van der Waals surface area contributed by atoms with Gasteiger partial charge in [0, 0.05) is 35.4 Å². The van der Waals surface area contributed by atoms with Gasteiger partial charge in [-0.1, -0.05) is 0 Å². The van der Waals surface area contributed by atoms with E-state index >= 15 is 0 Å². The second kappa shape index (κ2) is 11.2. The monoisotopic (exact) mass is 414 g/mol. The fourth-order valence-corrected chi connectivity index (χ4v) is 2.48. The smallest absolute Gasteiger partial charge is 0.328 e. The van der Waals surface area contributed by atoms with Gasteiger partial charge in [0.15, 0.2) is 0 Å². The Labute approximate surface area is 173 Å². The molecule has 0 amide bonds. The molecule has 158 valence electrons. The van der Waals surface area contributed by atoms with Gasteiger partial charge in [-0.15, -0.1) is 0 Å². The maximum atomic E-state index is 10.6. The van der Waals surface area contributed by atoms with Gasteiger partial charge in [0.1, 0.15) is 36.2 Å². The van der Waals surface area contributed by atoms with E-state index in [0.29, 0.717) is 34.1 Å². The summed E-state index contributed by atoms with van der Waals surface area (Å²) in [5.41, 5.74) is 1.24. The summed E-state index contributed by atoms with van der Waals surface area (Å²) < 4.78 is 21.8. The van der Waals surface area contributed by atoms with Crippen molar-refractivity contribution >= 4 is 24.1 Å². The fourth-order valence-electron chi connectivity index (χ4n) is 2.48. The molecule has 0 bridgehead atoms. The first kappa shape index (κ1) is 22.4. The number of hydrogen-bond acceptors (Lipinski definition) is 6. The van der Waals surface area contributed by atoms with Crippen LogP contribution in [0.2, 0.25) is 0 Å². The lowest BCUT2D eigenvalue weighted by atomic mass is 10.1. The van der Waals surface area contributed by atoms with Crippen molar-refractivity contribution in [3.63, 3.8) is 0 Å². The van der Waals surface area contributed by atoms with Crippen LogP contribution in [0.5, 0.6) is 23.0 Å². The fraction of sp³-hybridized carbons (Fsp3) is 0.182. The van der Waals surface area contributed by atoms with E-state index in [4.69, 9.17) is 29.2 Å². The largest absolute Gasteiger partial charge is 0.496 e. The van der Waals surface area contributed by atoms with Crippen LogP contribution >= 0.6 is 0 Å². The second-order valence-corrected chi connectivity index (χ2v) is 5.85. The molecule has 0 aliphatic carbocycles. The summed E-state index contributed by atoms with van der Waals surface area (Å²) in [6.07, 6.45) is 4.94. The lowest BCUT2D eigenvalue weighted by Gasteiger charge is -2.12. The predicted octanol–water partition coefficient (Wildman–Crippen LogP) is 3.36. The Morgan fingerprint density at radius 2 is 1.17 bits per heavy atom. The molecule has 2 N–H and O–H groups in total. The average Bonchev–Trinajstić information content (AvgIpc) is 2.74. The van der Waals surface area contributed by atoms with E-state index in [1.54, 1.807) is 36.4 Å². The topological polar surface area (TPSA) is 112 Å². The summed E-state index contributed by atoms with van der Waals surface area (Å²) in [5.74, 6) is -0.0140. The standard InChI is InChI=1S/C22H22O8/c1-27-19-13-17(7-3-15(19)5-9-21(23)24)29-11-12-30-18-8-4-16(6-10-22(25)26)20(14-18)28-2/h3-10,13-14H,11-12H2,1-2H3,(H,23,24)(H,25,26)/b9-5+,10-6+. The SMILES string of the molecule is COc1cc(OCCOc2ccc(/C=C/C(=O)O)c(OC)c2)ccc1/C=C/C(=O)O. The van der Waals surface area contributed by atoms with Crippen LogP contribution in [0.25, 0.3) is 12.2 Å². The third kappa shape index (κ3) is 6.90. The van der Waals surface area contributed by atoms with Crippen molar-refractivity contribution in [1.29, 1.82) is 0 Å². The first-order chi connectivity index (χ1) is 14.4. The minimum Gasteiger partial charge on any atom is -0.496 e. The van der Waals surface area contributed by atoms with Gasteiger partial charge in [0.2, 0.25) is 0 Å². The molecule has 8 nitrogen and oxygen atoms in total. The van der Waals surface area contributed by atoms with Crippen molar-refractivity contribution in [3.8, 4) is 23.0 Å². The van der Waals surface area contributed by atoms with Crippen molar-refractivity contribution in [2.24, 2.45) is 0 Å². The lowest BCUT2D eigenvalue weighted by Crippen LogP contribution is -2.09. The van der Waals surface area contributed by atoms with Crippen LogP contribution in [0.15, 0.2) is 48.6 Å². The van der Waals surface area contributed by atoms with Crippen LogP contribution in [-0.2, 0) is 9.59 Å². The lowest BCUT2D eigenvalue weighted by molar-refractivity contribution is -0.132. The molecule has 2 aromatic rings. The van der Waals surface area contributed by atoms with Crippen molar-refractivity contribution in [3.05, 3.63) is 59.7 Å². The van der Waals surface area contributed by atoms with Gasteiger partial charge in [0.05, 0.1) is 14.2 Å². The Kier molecular flexibility index (Phi) is 8.31. The summed E-state index contributed by atoms with van der Waals surface area (Å²) in [4.78, 5) is 21.3. The van der Waals surface area contributed by atoms with Crippen LogP contribution < -0.4 is 18.9 Å². The number of rotatable bonds is 11. The number of hydrogen-bond donors (Lipinski definition) is 2. The molecule has 0 radical (unpaired) electrons. The molecule has 2 rings (SSSR count). The molecule has 0 saturated carbocycles. The highest BCUT2D eigenvalue weighted by Gasteiger charge is 2.06. The molecule has 0 aliphatic rings. The van der Waals surface area contributed by atoms with E-state index in [-0.39, 0.29) is 13.2 Å². The number of carboxylic acids is 2. The molecule has 0 spiro atoms. The Hall–Kier alpha value is -3.94. The first-order valence-corrected chi connectivity index (χ1v) is 8.86. The van der Waals surface area contributed by atoms with Crippen molar-refractivity contribution in [2.45, 2.75) is 0 Å². The van der Waals surface area contributed by atoms with Gasteiger partial charge < -0.3 is 29.2 Å². The molecule has 0 aromatic heterocycles. The molecule has 30 heavy (non-hydrogen) atoms. The molecule has 0 unspecified atom stereocenters. The highest BCUT2D eigenvalue weighted by atomic mass is 16.5. The average molecular weight is 414 g/mol. The van der Waals surface area contributed by atoms with Gasteiger partial charge in [0.25, 0.3) is 0 Å². The van der Waals surface area contributed by atoms with Crippen LogP contribution in [0.3, 0.4) is 0 Å². The Balaban J connectivity index is 1.93. The zero-order valence-electron chi connectivity index (χ0n) is 16.5. The first-order valence-electron chi connectivity index (χ1n) is 8.86. The number of carboxylic acid groups (broad SMARTS) is 2. The van der Waals surface area contributed by atoms with Crippen molar-refractivity contribution < 1.29 is 38.7 Å². The van der Waals surface area contributed by atoms with E-state index in [1.807, 2.05) is 0 Å². The van der Waals surface area contributed by atoms with Gasteiger partial charge in [-0.05, 0) is 36.4 Å². The van der Waals surface area contributed by atoms with Crippen molar-refractivity contribution in [1.82, 2.24) is 0 Å². The molecular formula is C22H22O8. The second-order valence-electron chi connectivity index (χ2n) is 5.85. The van der Waals surface area contributed by atoms with Gasteiger partial charge in [-0.25, -0.2) is 9.59 Å². The minimum atomic E-state index is -1.04. The molecular weight excluding hydrogens is 392 g/mol. The van der Waals surface area contributed by atoms with Gasteiger partial charge >= 0.3 is 11.9 Å². The number of benzene rings is 2. The Bertz CT molecular complexity index is 869. The Morgan fingerprint density at radius 3 is 1.50 bits per heavy atom. The summed E-state index contributed by atoms with van der Waals surface area (Å²) in [5, 5.41) is 17.5. The summed E-state index contributed by atoms with van der Waals surface area (Å²) in [7, 11) is 2.98. The third-order valence-electron chi connectivity index (χ3n) is 3.84. The van der Waals surface area contributed by atoms with E-state index in [0.717, 1.165) is 12.2 Å². The van der Waals surface area contributed by atoms with Gasteiger partial charge in [-0.3, -0.25) is 0 Å². The van der Waals surface area contributed by atoms with Crippen LogP contribution in [0.1, 0.15) is 11.1 Å². The number of aliphatic carboxylic acids is 2. The van der Waals surface area contributed by atoms with Crippen LogP contribution in [0.4, 0.5) is 0 Å². The maximum absolute atomic E-state index is 10.6. The van der Waals surface area contributed by atoms with E-state index < -0.39 is 11.9 Å². The highest BCUT2D eigenvalue weighted by Crippen LogP contribution is 2.27. The molecule has 0 heterocycles. The minimum absolute atomic E-state index is 0.260. The molecule has 0 atom stereocenters. The normalized spacial score (nSPS) is 10.9. The molecule has 8 heteroatoms. The number of ether oxygens (including phenoxy) is 4.